The summed E-state index contributed by atoms with van der Waals surface area (Å²) in [5, 5.41) is 5.52. The van der Waals surface area contributed by atoms with Crippen LogP contribution in [0.15, 0.2) is 6.20 Å². The number of rotatable bonds is 3. The molecule has 2 fully saturated rings. The normalized spacial score (nSPS) is 25.4. The minimum Gasteiger partial charge on any atom is -0.486 e. The summed E-state index contributed by atoms with van der Waals surface area (Å²) >= 11 is 8.39. The Hall–Kier alpha value is -0.350. The molecule has 1 saturated carbocycles. The third-order valence-corrected chi connectivity index (χ3v) is 5.68. The topological polar surface area (TPSA) is 27.1 Å². The van der Waals surface area contributed by atoms with Gasteiger partial charge in [0.2, 0.25) is 0 Å². The van der Waals surface area contributed by atoms with E-state index >= 15 is 0 Å². The number of aromatic nitrogens is 2. The smallest absolute Gasteiger partial charge is 0.176 e. The second kappa shape index (κ2) is 6.40. The summed E-state index contributed by atoms with van der Waals surface area (Å²) in [5.74, 6) is 1.99. The molecule has 0 N–H and O–H groups in total. The Kier molecular flexibility index (Phi) is 4.59. The van der Waals surface area contributed by atoms with E-state index in [9.17, 15) is 0 Å². The highest BCUT2D eigenvalue weighted by Crippen LogP contribution is 2.38. The average Bonchev–Trinajstić information content (AvgIpc) is 2.82. The maximum Gasteiger partial charge on any atom is 0.176 e. The highest BCUT2D eigenvalue weighted by atomic mass is 35.5. The summed E-state index contributed by atoms with van der Waals surface area (Å²) in [6.45, 7) is 0. The summed E-state index contributed by atoms with van der Waals surface area (Å²) in [6, 6.07) is 0. The standard InChI is InChI=1S/C14H21ClN2OS/c15-14-12(18-11-6-2-1-3-7-11)10-16-17(14)13-8-4-5-9-19-13/h10-11,13H,1-9H2. The van der Waals surface area contributed by atoms with Crippen molar-refractivity contribution in [1.29, 1.82) is 0 Å². The first kappa shape index (κ1) is 13.6. The van der Waals surface area contributed by atoms with Crippen molar-refractivity contribution in [3.8, 4) is 5.75 Å². The number of nitrogens with zero attached hydrogens (tertiary/aromatic N) is 2. The van der Waals surface area contributed by atoms with Crippen LogP contribution in [0, 0.1) is 0 Å². The Bertz CT molecular complexity index is 412. The second-order valence-corrected chi connectivity index (χ2v) is 7.09. The molecule has 106 valence electrons. The fourth-order valence-corrected chi connectivity index (χ4v) is 4.48. The molecule has 0 radical (unpaired) electrons. The zero-order valence-corrected chi connectivity index (χ0v) is 12.8. The molecule has 2 aliphatic rings. The Morgan fingerprint density at radius 2 is 1.95 bits per heavy atom. The van der Waals surface area contributed by atoms with E-state index in [0.29, 0.717) is 16.6 Å². The van der Waals surface area contributed by atoms with Crippen molar-refractivity contribution >= 4 is 23.4 Å². The van der Waals surface area contributed by atoms with Crippen LogP contribution in [-0.4, -0.2) is 21.6 Å². The monoisotopic (exact) mass is 300 g/mol. The minimum absolute atomic E-state index is 0.336. The third-order valence-electron chi connectivity index (χ3n) is 3.98. The van der Waals surface area contributed by atoms with Crippen LogP contribution in [0.2, 0.25) is 5.15 Å². The summed E-state index contributed by atoms with van der Waals surface area (Å²) in [4.78, 5) is 0. The van der Waals surface area contributed by atoms with Gasteiger partial charge in [-0.05, 0) is 50.7 Å². The van der Waals surface area contributed by atoms with Gasteiger partial charge < -0.3 is 4.74 Å². The molecule has 0 amide bonds. The molecule has 19 heavy (non-hydrogen) atoms. The van der Waals surface area contributed by atoms with Gasteiger partial charge in [-0.15, -0.1) is 11.8 Å². The highest BCUT2D eigenvalue weighted by molar-refractivity contribution is 7.99. The number of halogens is 1. The molecule has 3 rings (SSSR count). The largest absolute Gasteiger partial charge is 0.486 e. The van der Waals surface area contributed by atoms with Crippen LogP contribution in [0.4, 0.5) is 0 Å². The van der Waals surface area contributed by atoms with E-state index in [0.717, 1.165) is 25.0 Å². The molecule has 1 aliphatic carbocycles. The average molecular weight is 301 g/mol. The van der Waals surface area contributed by atoms with Crippen molar-refractivity contribution in [1.82, 2.24) is 9.78 Å². The summed E-state index contributed by atoms with van der Waals surface area (Å²) in [5.41, 5.74) is 0. The summed E-state index contributed by atoms with van der Waals surface area (Å²) < 4.78 is 7.98. The zero-order valence-electron chi connectivity index (χ0n) is 11.2. The number of hydrogen-bond acceptors (Lipinski definition) is 3. The quantitative estimate of drug-likeness (QED) is 0.812. The maximum atomic E-state index is 6.44. The van der Waals surface area contributed by atoms with Gasteiger partial charge in [-0.1, -0.05) is 18.0 Å². The molecule has 1 aliphatic heterocycles. The van der Waals surface area contributed by atoms with Crippen LogP contribution < -0.4 is 4.74 Å². The fraction of sp³-hybridized carbons (Fsp3) is 0.786. The predicted molar refractivity (Wildman–Crippen MR) is 80.1 cm³/mol. The molecule has 1 atom stereocenters. The zero-order chi connectivity index (χ0) is 13.1. The van der Waals surface area contributed by atoms with Crippen molar-refractivity contribution in [2.45, 2.75) is 62.8 Å². The first-order chi connectivity index (χ1) is 9.34. The Morgan fingerprint density at radius 1 is 1.16 bits per heavy atom. The molecule has 0 aromatic carbocycles. The van der Waals surface area contributed by atoms with Crippen LogP contribution in [0.1, 0.15) is 56.7 Å². The van der Waals surface area contributed by atoms with Crippen molar-refractivity contribution in [2.24, 2.45) is 0 Å². The first-order valence-corrected chi connectivity index (χ1v) is 8.78. The lowest BCUT2D eigenvalue weighted by Gasteiger charge is -2.23. The van der Waals surface area contributed by atoms with E-state index in [1.54, 1.807) is 6.20 Å². The van der Waals surface area contributed by atoms with Gasteiger partial charge >= 0.3 is 0 Å². The summed E-state index contributed by atoms with van der Waals surface area (Å²) in [6.07, 6.45) is 12.1. The van der Waals surface area contributed by atoms with Gasteiger partial charge in [0.15, 0.2) is 10.9 Å². The van der Waals surface area contributed by atoms with Crippen molar-refractivity contribution in [2.75, 3.05) is 5.75 Å². The lowest BCUT2D eigenvalue weighted by Crippen LogP contribution is -2.19. The molecular weight excluding hydrogens is 280 g/mol. The SMILES string of the molecule is Clc1c(OC2CCCCC2)cnn1C1CCCCS1. The van der Waals surface area contributed by atoms with Gasteiger partial charge in [0.05, 0.1) is 17.7 Å². The van der Waals surface area contributed by atoms with Gasteiger partial charge in [0, 0.05) is 0 Å². The van der Waals surface area contributed by atoms with Crippen LogP contribution >= 0.6 is 23.4 Å². The van der Waals surface area contributed by atoms with E-state index in [1.807, 2.05) is 16.4 Å². The van der Waals surface area contributed by atoms with E-state index in [1.165, 1.54) is 37.9 Å². The van der Waals surface area contributed by atoms with Crippen LogP contribution in [0.3, 0.4) is 0 Å². The van der Waals surface area contributed by atoms with Crippen molar-refractivity contribution < 1.29 is 4.74 Å². The first-order valence-electron chi connectivity index (χ1n) is 7.36. The Morgan fingerprint density at radius 3 is 2.68 bits per heavy atom. The predicted octanol–water partition coefficient (Wildman–Crippen LogP) is 4.66. The fourth-order valence-electron chi connectivity index (χ4n) is 2.89. The van der Waals surface area contributed by atoms with E-state index in [4.69, 9.17) is 16.3 Å². The van der Waals surface area contributed by atoms with Crippen molar-refractivity contribution in [3.63, 3.8) is 0 Å². The number of hydrogen-bond donors (Lipinski definition) is 0. The van der Waals surface area contributed by atoms with E-state index < -0.39 is 0 Å². The van der Waals surface area contributed by atoms with Gasteiger partial charge in [-0.25, -0.2) is 4.68 Å². The molecule has 3 nitrogen and oxygen atoms in total. The number of ether oxygens (including phenoxy) is 1. The molecule has 1 aromatic rings. The molecule has 1 unspecified atom stereocenters. The van der Waals surface area contributed by atoms with E-state index in [2.05, 4.69) is 5.10 Å². The van der Waals surface area contributed by atoms with Crippen molar-refractivity contribution in [3.05, 3.63) is 11.3 Å². The Balaban J connectivity index is 1.67. The molecular formula is C14H21ClN2OS. The lowest BCUT2D eigenvalue weighted by atomic mass is 9.98. The van der Waals surface area contributed by atoms with Crippen LogP contribution in [-0.2, 0) is 0 Å². The minimum atomic E-state index is 0.336. The molecule has 2 heterocycles. The third kappa shape index (κ3) is 3.22. The molecule has 5 heteroatoms. The number of thioether (sulfide) groups is 1. The second-order valence-electron chi connectivity index (χ2n) is 5.44. The van der Waals surface area contributed by atoms with Gasteiger partial charge in [-0.3, -0.25) is 0 Å². The maximum absolute atomic E-state index is 6.44. The molecule has 1 aromatic heterocycles. The molecule has 0 spiro atoms. The van der Waals surface area contributed by atoms with Crippen LogP contribution in [0.5, 0.6) is 5.75 Å². The van der Waals surface area contributed by atoms with Crippen LogP contribution in [0.25, 0.3) is 0 Å². The summed E-state index contributed by atoms with van der Waals surface area (Å²) in [7, 11) is 0. The van der Waals surface area contributed by atoms with Gasteiger partial charge in [0.1, 0.15) is 0 Å². The molecule has 1 saturated heterocycles. The van der Waals surface area contributed by atoms with E-state index in [-0.39, 0.29) is 0 Å². The Labute approximate surface area is 124 Å². The highest BCUT2D eigenvalue weighted by Gasteiger charge is 2.23. The molecule has 0 bridgehead atoms. The van der Waals surface area contributed by atoms with Gasteiger partial charge in [-0.2, -0.15) is 5.10 Å². The lowest BCUT2D eigenvalue weighted by molar-refractivity contribution is 0.155. The van der Waals surface area contributed by atoms with Gasteiger partial charge in [0.25, 0.3) is 0 Å².